The van der Waals surface area contributed by atoms with Gasteiger partial charge in [0.2, 0.25) is 5.89 Å². The molecule has 0 aliphatic rings. The van der Waals surface area contributed by atoms with E-state index in [1.807, 2.05) is 30.3 Å². The number of hydrogen-bond donors (Lipinski definition) is 0. The highest BCUT2D eigenvalue weighted by molar-refractivity contribution is 9.10. The smallest absolute Gasteiger partial charge is 0.271 e. The molecule has 104 valence electrons. The van der Waals surface area contributed by atoms with E-state index in [0.29, 0.717) is 17.0 Å². The Kier molecular flexibility index (Phi) is 3.53. The predicted octanol–water partition coefficient (Wildman–Crippen LogP) is 4.67. The fourth-order valence-corrected chi connectivity index (χ4v) is 2.12. The molecule has 0 N–H and O–H groups in total. The Morgan fingerprint density at radius 2 is 1.90 bits per heavy atom. The van der Waals surface area contributed by atoms with Crippen LogP contribution in [0.15, 0.2) is 51.4 Å². The predicted molar refractivity (Wildman–Crippen MR) is 83.7 cm³/mol. The molecule has 0 saturated heterocycles. The maximum absolute atomic E-state index is 10.7. The summed E-state index contributed by atoms with van der Waals surface area (Å²) in [5.74, 6) is 0.411. The molecular weight excluding hydrogens is 336 g/mol. The van der Waals surface area contributed by atoms with Gasteiger partial charge >= 0.3 is 0 Å². The zero-order chi connectivity index (χ0) is 14.8. The lowest BCUT2D eigenvalue weighted by Gasteiger charge is -1.92. The van der Waals surface area contributed by atoms with Crippen molar-refractivity contribution in [3.8, 4) is 0 Å². The number of benzene rings is 2. The van der Waals surface area contributed by atoms with Crippen LogP contribution in [-0.2, 0) is 0 Å². The van der Waals surface area contributed by atoms with E-state index in [-0.39, 0.29) is 5.69 Å². The van der Waals surface area contributed by atoms with Crippen molar-refractivity contribution in [1.29, 1.82) is 0 Å². The summed E-state index contributed by atoms with van der Waals surface area (Å²) in [7, 11) is 0. The first kappa shape index (κ1) is 13.5. The molecule has 0 aliphatic heterocycles. The lowest BCUT2D eigenvalue weighted by atomic mass is 10.2. The van der Waals surface area contributed by atoms with Crippen molar-refractivity contribution < 1.29 is 9.34 Å². The molecule has 5 nitrogen and oxygen atoms in total. The molecule has 0 fully saturated rings. The number of non-ortho nitro benzene ring substituents is 1. The molecule has 0 radical (unpaired) electrons. The third-order valence-electron chi connectivity index (χ3n) is 2.89. The first-order valence-corrected chi connectivity index (χ1v) is 6.90. The molecule has 0 bridgehead atoms. The standard InChI is InChI=1S/C15H9BrN2O3/c16-11-4-1-10(2-5-11)3-8-15-17-13-9-12(18(19)20)6-7-14(13)21-15/h1-9H/b8-3+. The number of nitrogens with zero attached hydrogens (tertiary/aromatic N) is 2. The highest BCUT2D eigenvalue weighted by atomic mass is 79.9. The van der Waals surface area contributed by atoms with Crippen molar-refractivity contribution in [2.75, 3.05) is 0 Å². The van der Waals surface area contributed by atoms with Crippen LogP contribution in [-0.4, -0.2) is 9.91 Å². The molecule has 0 aliphatic carbocycles. The third kappa shape index (κ3) is 3.00. The van der Waals surface area contributed by atoms with Crippen molar-refractivity contribution in [3.05, 3.63) is 68.5 Å². The molecule has 0 unspecified atom stereocenters. The summed E-state index contributed by atoms with van der Waals surface area (Å²) in [4.78, 5) is 14.5. The average molecular weight is 345 g/mol. The minimum Gasteiger partial charge on any atom is -0.437 e. The largest absolute Gasteiger partial charge is 0.437 e. The van der Waals surface area contributed by atoms with Crippen LogP contribution < -0.4 is 0 Å². The summed E-state index contributed by atoms with van der Waals surface area (Å²) in [5, 5.41) is 10.7. The maximum Gasteiger partial charge on any atom is 0.271 e. The quantitative estimate of drug-likeness (QED) is 0.511. The summed E-state index contributed by atoms with van der Waals surface area (Å²) < 4.78 is 6.53. The van der Waals surface area contributed by atoms with Crippen LogP contribution in [0.3, 0.4) is 0 Å². The Bertz CT molecular complexity index is 838. The summed E-state index contributed by atoms with van der Waals surface area (Å²) in [6.07, 6.45) is 3.60. The van der Waals surface area contributed by atoms with E-state index in [2.05, 4.69) is 20.9 Å². The molecule has 3 aromatic rings. The molecule has 3 rings (SSSR count). The molecule has 1 heterocycles. The third-order valence-corrected chi connectivity index (χ3v) is 3.42. The number of aromatic nitrogens is 1. The van der Waals surface area contributed by atoms with Crippen molar-refractivity contribution >= 4 is 44.9 Å². The van der Waals surface area contributed by atoms with Gasteiger partial charge in [-0.2, -0.15) is 0 Å². The van der Waals surface area contributed by atoms with Gasteiger partial charge < -0.3 is 4.42 Å². The van der Waals surface area contributed by atoms with E-state index in [1.54, 1.807) is 12.1 Å². The first-order valence-electron chi connectivity index (χ1n) is 6.10. The second-order valence-electron chi connectivity index (χ2n) is 4.35. The van der Waals surface area contributed by atoms with Gasteiger partial charge in [-0.25, -0.2) is 4.98 Å². The van der Waals surface area contributed by atoms with Crippen molar-refractivity contribution in [2.45, 2.75) is 0 Å². The summed E-state index contributed by atoms with van der Waals surface area (Å²) in [6, 6.07) is 12.1. The van der Waals surface area contributed by atoms with E-state index < -0.39 is 4.92 Å². The highest BCUT2D eigenvalue weighted by Crippen LogP contribution is 2.22. The molecule has 0 amide bonds. The first-order chi connectivity index (χ1) is 10.1. The van der Waals surface area contributed by atoms with Gasteiger partial charge in [0.25, 0.3) is 5.69 Å². The molecule has 1 aromatic heterocycles. The zero-order valence-electron chi connectivity index (χ0n) is 10.7. The summed E-state index contributed by atoms with van der Waals surface area (Å²) in [6.45, 7) is 0. The van der Waals surface area contributed by atoms with Gasteiger partial charge in [0.15, 0.2) is 5.58 Å². The lowest BCUT2D eigenvalue weighted by Crippen LogP contribution is -1.86. The number of fused-ring (bicyclic) bond motifs is 1. The van der Waals surface area contributed by atoms with Crippen LogP contribution in [0, 0.1) is 10.1 Å². The molecule has 2 aromatic carbocycles. The van der Waals surface area contributed by atoms with Gasteiger partial charge in [-0.05, 0) is 29.8 Å². The van der Waals surface area contributed by atoms with Crippen molar-refractivity contribution in [1.82, 2.24) is 4.98 Å². The Morgan fingerprint density at radius 3 is 2.62 bits per heavy atom. The fraction of sp³-hybridized carbons (Fsp3) is 0. The van der Waals surface area contributed by atoms with Crippen molar-refractivity contribution in [3.63, 3.8) is 0 Å². The van der Waals surface area contributed by atoms with Crippen LogP contribution in [0.4, 0.5) is 5.69 Å². The summed E-state index contributed by atoms with van der Waals surface area (Å²) >= 11 is 3.37. The van der Waals surface area contributed by atoms with Gasteiger partial charge in [-0.3, -0.25) is 10.1 Å². The van der Waals surface area contributed by atoms with E-state index in [0.717, 1.165) is 10.0 Å². The lowest BCUT2D eigenvalue weighted by molar-refractivity contribution is -0.384. The molecular formula is C15H9BrN2O3. The van der Waals surface area contributed by atoms with E-state index in [4.69, 9.17) is 4.42 Å². The topological polar surface area (TPSA) is 69.2 Å². The summed E-state index contributed by atoms with van der Waals surface area (Å²) in [5.41, 5.74) is 2.00. The van der Waals surface area contributed by atoms with Gasteiger partial charge in [-0.1, -0.05) is 28.1 Å². The number of oxazole rings is 1. The molecule has 21 heavy (non-hydrogen) atoms. The van der Waals surface area contributed by atoms with Crippen molar-refractivity contribution in [2.24, 2.45) is 0 Å². The second-order valence-corrected chi connectivity index (χ2v) is 5.26. The SMILES string of the molecule is O=[N+]([O-])c1ccc2oc(/C=C/c3ccc(Br)cc3)nc2c1. The van der Waals surface area contributed by atoms with Gasteiger partial charge in [0.05, 0.1) is 4.92 Å². The average Bonchev–Trinajstić information content (AvgIpc) is 2.88. The van der Waals surface area contributed by atoms with Crippen LogP contribution >= 0.6 is 15.9 Å². The second kappa shape index (κ2) is 5.49. The Hall–Kier alpha value is -2.47. The number of hydrogen-bond acceptors (Lipinski definition) is 4. The number of nitro groups is 1. The van der Waals surface area contributed by atoms with E-state index >= 15 is 0 Å². The fourth-order valence-electron chi connectivity index (χ4n) is 1.86. The molecule has 6 heteroatoms. The zero-order valence-corrected chi connectivity index (χ0v) is 12.3. The normalized spacial score (nSPS) is 11.3. The molecule has 0 saturated carbocycles. The number of nitro benzene ring substituents is 1. The highest BCUT2D eigenvalue weighted by Gasteiger charge is 2.10. The van der Waals surface area contributed by atoms with E-state index in [9.17, 15) is 10.1 Å². The number of rotatable bonds is 3. The van der Waals surface area contributed by atoms with Crippen LogP contribution in [0.5, 0.6) is 0 Å². The molecule has 0 spiro atoms. The van der Waals surface area contributed by atoms with Crippen LogP contribution in [0.1, 0.15) is 11.5 Å². The Morgan fingerprint density at radius 1 is 1.14 bits per heavy atom. The van der Waals surface area contributed by atoms with Gasteiger partial charge in [-0.15, -0.1) is 0 Å². The van der Waals surface area contributed by atoms with Gasteiger partial charge in [0.1, 0.15) is 5.52 Å². The van der Waals surface area contributed by atoms with E-state index in [1.165, 1.54) is 12.1 Å². The Balaban J connectivity index is 1.90. The number of halogens is 1. The van der Waals surface area contributed by atoms with Gasteiger partial charge in [0, 0.05) is 22.7 Å². The Labute approximate surface area is 128 Å². The van der Waals surface area contributed by atoms with Crippen LogP contribution in [0.2, 0.25) is 0 Å². The maximum atomic E-state index is 10.7. The minimum absolute atomic E-state index is 0.000704. The monoisotopic (exact) mass is 344 g/mol. The van der Waals surface area contributed by atoms with Crippen LogP contribution in [0.25, 0.3) is 23.3 Å². The molecule has 0 atom stereocenters. The minimum atomic E-state index is -0.453.